The van der Waals surface area contributed by atoms with E-state index in [0.29, 0.717) is 28.9 Å². The highest BCUT2D eigenvalue weighted by molar-refractivity contribution is 8.77. The summed E-state index contributed by atoms with van der Waals surface area (Å²) in [5.74, 6) is 1.58. The summed E-state index contributed by atoms with van der Waals surface area (Å²) in [4.78, 5) is 48.9. The number of esters is 1. The molecule has 66 heavy (non-hydrogen) atoms. The van der Waals surface area contributed by atoms with Gasteiger partial charge in [-0.05, 0) is 81.8 Å². The van der Waals surface area contributed by atoms with Crippen molar-refractivity contribution in [3.05, 3.63) is 59.9 Å². The van der Waals surface area contributed by atoms with E-state index in [9.17, 15) is 32.3 Å². The van der Waals surface area contributed by atoms with Crippen LogP contribution in [0.3, 0.4) is 0 Å². The van der Waals surface area contributed by atoms with Gasteiger partial charge in [-0.25, -0.2) is 0 Å². The molecule has 1 atom stereocenters. The molecule has 2 heterocycles. The predicted molar refractivity (Wildman–Crippen MR) is 288 cm³/mol. The van der Waals surface area contributed by atoms with E-state index in [1.807, 2.05) is 55.5 Å². The van der Waals surface area contributed by atoms with E-state index in [0.717, 1.165) is 42.6 Å². The number of methoxy groups -OCH3 is 2. The minimum atomic E-state index is -4.32. The molecule has 0 bridgehead atoms. The second kappa shape index (κ2) is 34.0. The molecule has 2 aliphatic heterocycles. The van der Waals surface area contributed by atoms with Crippen molar-refractivity contribution in [2.45, 2.75) is 174 Å². The van der Waals surface area contributed by atoms with E-state index in [1.54, 1.807) is 47.8 Å². The molecule has 1 unspecified atom stereocenters. The normalized spacial score (nSPS) is 15.1. The van der Waals surface area contributed by atoms with Crippen molar-refractivity contribution in [1.29, 1.82) is 0 Å². The second-order valence-electron chi connectivity index (χ2n) is 21.2. The topological polar surface area (TPSA) is 102 Å². The van der Waals surface area contributed by atoms with Crippen LogP contribution in [0.15, 0.2) is 53.7 Å². The molecule has 0 saturated heterocycles. The summed E-state index contributed by atoms with van der Waals surface area (Å²) in [7, 11) is 10.2. The minimum absolute atomic E-state index is 0. The first-order valence-corrected chi connectivity index (χ1v) is 26.8. The van der Waals surface area contributed by atoms with Gasteiger partial charge in [0.05, 0.1) is 25.4 Å². The maximum absolute atomic E-state index is 12.6. The average molecular weight is 1010 g/mol. The van der Waals surface area contributed by atoms with E-state index >= 15 is 0 Å². The first-order valence-electron chi connectivity index (χ1n) is 21.5. The summed E-state index contributed by atoms with van der Waals surface area (Å²) >= 11 is 0. The van der Waals surface area contributed by atoms with Crippen LogP contribution in [0.4, 0.5) is 13.2 Å². The summed E-state index contributed by atoms with van der Waals surface area (Å²) in [6.45, 7) is 41.3. The largest absolute Gasteiger partial charge is 0.502 e. The van der Waals surface area contributed by atoms with Crippen LogP contribution in [0.1, 0.15) is 162 Å². The number of imide groups is 1. The Bertz CT molecular complexity index is 1570. The highest BCUT2D eigenvalue weighted by Crippen LogP contribution is 2.47. The summed E-state index contributed by atoms with van der Waals surface area (Å²) in [5.41, 5.74) is -0.335. The Morgan fingerprint density at radius 3 is 1.44 bits per heavy atom. The average Bonchev–Trinajstić information content (AvgIpc) is 3.88. The first-order chi connectivity index (χ1) is 29.1. The number of hydrogen-bond donors (Lipinski definition) is 0. The summed E-state index contributed by atoms with van der Waals surface area (Å²) in [6.07, 6.45) is 6.77. The number of aryl methyl sites for hydroxylation is 1. The highest BCUT2D eigenvalue weighted by Gasteiger charge is 2.61. The van der Waals surface area contributed by atoms with Gasteiger partial charge in [0.1, 0.15) is 5.78 Å². The van der Waals surface area contributed by atoms with E-state index < -0.39 is 11.7 Å². The molecule has 2 amide bonds. The van der Waals surface area contributed by atoms with Gasteiger partial charge >= 0.3 is 12.1 Å². The van der Waals surface area contributed by atoms with Crippen LogP contribution in [0.2, 0.25) is 0 Å². The number of aliphatic imine (C=N–C) groups is 1. The molecule has 0 aliphatic carbocycles. The number of Topliss-reactive ketones (excluding diaryl/α,β-unsaturated/α-hetero) is 1. The standard InChI is InChI=1S/C11H17NO2.C10H8F3N.C9H18OS2.C6H12O2.C5H12S2.C5H12.C4H8O.CH4/c1-11(2,3)7-4-8-12-9(13)5-6-10(12)14;1-7-2-4-8(5-3-7)9(6-14-9)10(11,12)13;1-9(2,3)7-8(10)5-6-12-11-4;1-6(2,3)5(7)8-4;1-5(2,3)7-6-4;1-5(2,3)4;1-4(2)5-3;/h5-6H,4,7-8H2,1-3H3;2-6H,1H3;5-7H2,1-4H3;1-4H3;1-4H3;1-4H3;1H2,2-3H3;1H4. The van der Waals surface area contributed by atoms with Crippen molar-refractivity contribution < 1.29 is 41.8 Å². The van der Waals surface area contributed by atoms with E-state index in [4.69, 9.17) is 0 Å². The fraction of sp³-hybridized carbons (Fsp3) is 0.706. The molecule has 8 nitrogen and oxygen atoms in total. The monoisotopic (exact) mass is 1010 g/mol. The third-order valence-electron chi connectivity index (χ3n) is 7.31. The predicted octanol–water partition coefficient (Wildman–Crippen LogP) is 15.8. The molecule has 0 saturated carbocycles. The number of alkyl halides is 3. The number of carbonyl (C=O) groups excluding carboxylic acids is 4. The van der Waals surface area contributed by atoms with Crippen LogP contribution >= 0.6 is 43.2 Å². The number of benzene rings is 1. The fourth-order valence-corrected chi connectivity index (χ4v) is 7.45. The van der Waals surface area contributed by atoms with Crippen LogP contribution in [0, 0.1) is 28.6 Å². The number of nitrogens with zero attached hydrogens (tertiary/aromatic N) is 2. The molecule has 0 radical (unpaired) electrons. The van der Waals surface area contributed by atoms with Crippen molar-refractivity contribution in [3.8, 4) is 0 Å². The Morgan fingerprint density at radius 1 is 0.773 bits per heavy atom. The number of carbonyl (C=O) groups is 4. The zero-order valence-electron chi connectivity index (χ0n) is 44.1. The molecule has 0 aromatic heterocycles. The Labute approximate surface area is 417 Å². The lowest BCUT2D eigenvalue weighted by atomic mass is 9.89. The summed E-state index contributed by atoms with van der Waals surface area (Å²) in [6, 6.07) is 6.25. The molecule has 0 spiro atoms. The van der Waals surface area contributed by atoms with Gasteiger partial charge in [-0.15, -0.1) is 0 Å². The summed E-state index contributed by atoms with van der Waals surface area (Å²) < 4.78 is 47.1. The zero-order chi connectivity index (χ0) is 52.3. The SMILES string of the molecule is C.C=C(C)OC.CC(C)(C)C.CC(C)(C)CCCN1C(=O)C=CC1=O.COC(=O)C(C)(C)C.CSSC(C)(C)C.CSSCCC(=O)CC(C)(C)C.Cc1ccc(C2(C(F)(F)F)C=N2)cc1. The maximum Gasteiger partial charge on any atom is 0.422 e. The van der Waals surface area contributed by atoms with Crippen LogP contribution in [0.25, 0.3) is 0 Å². The Hall–Kier alpha value is -2.36. The first kappa shape index (κ1) is 72.6. The van der Waals surface area contributed by atoms with Gasteiger partial charge in [0.25, 0.3) is 11.8 Å². The minimum Gasteiger partial charge on any atom is -0.502 e. The van der Waals surface area contributed by atoms with Gasteiger partial charge in [-0.2, -0.15) is 13.2 Å². The number of ether oxygens (including phenoxy) is 2. The van der Waals surface area contributed by atoms with Gasteiger partial charge in [0.15, 0.2) is 0 Å². The lowest BCUT2D eigenvalue weighted by molar-refractivity contribution is -0.156. The summed E-state index contributed by atoms with van der Waals surface area (Å²) in [5, 5.41) is 0. The van der Waals surface area contributed by atoms with Crippen LogP contribution in [-0.2, 0) is 34.2 Å². The van der Waals surface area contributed by atoms with Gasteiger partial charge in [0.2, 0.25) is 5.54 Å². The molecule has 1 aromatic carbocycles. The van der Waals surface area contributed by atoms with Crippen molar-refractivity contribution in [2.75, 3.05) is 39.0 Å². The van der Waals surface area contributed by atoms with E-state index in [2.05, 4.69) is 117 Å². The maximum atomic E-state index is 12.6. The Balaban J connectivity index is -0.000000227. The van der Waals surface area contributed by atoms with Crippen molar-refractivity contribution in [1.82, 2.24) is 4.90 Å². The Morgan fingerprint density at radius 2 is 1.20 bits per heavy atom. The van der Waals surface area contributed by atoms with Gasteiger partial charge in [-0.3, -0.25) is 29.1 Å². The number of hydrogen-bond acceptors (Lipinski definition) is 11. The molecule has 386 valence electrons. The van der Waals surface area contributed by atoms with Crippen LogP contribution in [-0.4, -0.2) is 84.6 Å². The number of ketones is 1. The van der Waals surface area contributed by atoms with Gasteiger partial charge in [0, 0.05) is 48.3 Å². The lowest BCUT2D eigenvalue weighted by Crippen LogP contribution is -2.31. The highest BCUT2D eigenvalue weighted by atomic mass is 33.1. The van der Waals surface area contributed by atoms with E-state index in [-0.39, 0.29) is 47.0 Å². The molecule has 15 heteroatoms. The van der Waals surface area contributed by atoms with Crippen molar-refractivity contribution >= 4 is 73.0 Å². The quantitative estimate of drug-likeness (QED) is 0.0700. The fourth-order valence-electron chi connectivity index (χ4n) is 4.23. The molecule has 0 N–H and O–H groups in total. The molecular formula is C51H91F3N2O6S4. The van der Waals surface area contributed by atoms with Crippen molar-refractivity contribution in [3.63, 3.8) is 0 Å². The van der Waals surface area contributed by atoms with Crippen LogP contribution in [0.5, 0.6) is 0 Å². The molecule has 0 fully saturated rings. The third-order valence-corrected chi connectivity index (χ3v) is 11.8. The molecule has 3 rings (SSSR count). The second-order valence-corrected chi connectivity index (χ2v) is 27.1. The molecule has 2 aliphatic rings. The molecule has 1 aromatic rings. The van der Waals surface area contributed by atoms with Gasteiger partial charge < -0.3 is 9.47 Å². The van der Waals surface area contributed by atoms with Crippen molar-refractivity contribution in [2.24, 2.45) is 26.7 Å². The van der Waals surface area contributed by atoms with Crippen LogP contribution < -0.4 is 0 Å². The number of amides is 2. The number of allylic oxidation sites excluding steroid dienone is 1. The number of rotatable bonds is 11. The van der Waals surface area contributed by atoms with E-state index in [1.165, 1.54) is 36.3 Å². The zero-order valence-corrected chi connectivity index (χ0v) is 47.4. The number of halogens is 3. The van der Waals surface area contributed by atoms with Gasteiger partial charge in [-0.1, -0.05) is 177 Å². The smallest absolute Gasteiger partial charge is 0.422 e. The lowest BCUT2D eigenvalue weighted by Gasteiger charge is -2.20. The third kappa shape index (κ3) is 44.2. The Kier molecular flexibility index (Phi) is 37.4. The molecular weight excluding hydrogens is 922 g/mol.